The molecule has 0 radical (unpaired) electrons. The lowest BCUT2D eigenvalue weighted by Gasteiger charge is -2.33. The van der Waals surface area contributed by atoms with Crippen molar-refractivity contribution < 1.29 is 14.0 Å². The van der Waals surface area contributed by atoms with Gasteiger partial charge < -0.3 is 20.0 Å². The highest BCUT2D eigenvalue weighted by molar-refractivity contribution is 7.09. The van der Waals surface area contributed by atoms with Crippen molar-refractivity contribution in [2.24, 2.45) is 0 Å². The van der Waals surface area contributed by atoms with Crippen LogP contribution in [0.25, 0.3) is 0 Å². The van der Waals surface area contributed by atoms with Crippen LogP contribution in [0.2, 0.25) is 0 Å². The Morgan fingerprint density at radius 2 is 2.06 bits per heavy atom. The molecular weight excluding hydrogens is 410 g/mol. The fourth-order valence-corrected chi connectivity index (χ4v) is 4.97. The van der Waals surface area contributed by atoms with Gasteiger partial charge in [-0.25, -0.2) is 0 Å². The summed E-state index contributed by atoms with van der Waals surface area (Å²) in [4.78, 5) is 29.2. The average Bonchev–Trinajstić information content (AvgIpc) is 3.46. The summed E-state index contributed by atoms with van der Waals surface area (Å²) in [7, 11) is 0. The second-order valence-corrected chi connectivity index (χ2v) is 8.75. The maximum absolute atomic E-state index is 13.1. The number of fused-ring (bicyclic) bond motifs is 1. The van der Waals surface area contributed by atoms with E-state index in [1.54, 1.807) is 17.6 Å². The van der Waals surface area contributed by atoms with Crippen molar-refractivity contribution >= 4 is 34.4 Å². The van der Waals surface area contributed by atoms with Crippen LogP contribution < -0.4 is 15.5 Å². The summed E-state index contributed by atoms with van der Waals surface area (Å²) in [5.74, 6) is 0.659. The third-order valence-electron chi connectivity index (χ3n) is 5.71. The first-order valence-electron chi connectivity index (χ1n) is 10.4. The van der Waals surface area contributed by atoms with Crippen LogP contribution in [-0.4, -0.2) is 18.2 Å². The molecule has 158 valence electrons. The fourth-order valence-electron chi connectivity index (χ4n) is 4.33. The zero-order valence-corrected chi connectivity index (χ0v) is 17.8. The van der Waals surface area contributed by atoms with E-state index in [-0.39, 0.29) is 18.2 Å². The Morgan fingerprint density at radius 3 is 2.87 bits per heavy atom. The molecule has 1 aliphatic carbocycles. The summed E-state index contributed by atoms with van der Waals surface area (Å²) in [6, 6.07) is 15.1. The largest absolute Gasteiger partial charge is 0.467 e. The molecule has 1 unspecified atom stereocenters. The predicted molar refractivity (Wildman–Crippen MR) is 121 cm³/mol. The number of Topliss-reactive ketones (excluding diaryl/α,β-unsaturated/α-hetero) is 1. The fraction of sp³-hybridized carbons (Fsp3) is 0.250. The molecule has 31 heavy (non-hydrogen) atoms. The lowest BCUT2D eigenvalue weighted by Crippen LogP contribution is -2.40. The molecule has 1 atom stereocenters. The lowest BCUT2D eigenvalue weighted by molar-refractivity contribution is -0.120. The van der Waals surface area contributed by atoms with Crippen LogP contribution >= 0.6 is 11.3 Å². The number of carbonyl (C=O) groups is 2. The van der Waals surface area contributed by atoms with Crippen LogP contribution in [0.4, 0.5) is 11.4 Å². The van der Waals surface area contributed by atoms with Crippen molar-refractivity contribution in [2.45, 2.75) is 31.8 Å². The van der Waals surface area contributed by atoms with E-state index in [0.717, 1.165) is 34.8 Å². The third-order valence-corrected chi connectivity index (χ3v) is 6.58. The minimum atomic E-state index is -0.457. The van der Waals surface area contributed by atoms with Gasteiger partial charge in [-0.1, -0.05) is 18.2 Å². The molecule has 5 rings (SSSR count). The molecule has 2 aliphatic rings. The van der Waals surface area contributed by atoms with Crippen LogP contribution in [0.3, 0.4) is 0 Å². The molecule has 0 saturated carbocycles. The Bertz CT molecular complexity index is 1120. The van der Waals surface area contributed by atoms with Gasteiger partial charge >= 0.3 is 0 Å². The van der Waals surface area contributed by atoms with E-state index in [4.69, 9.17) is 4.42 Å². The highest BCUT2D eigenvalue weighted by atomic mass is 32.1. The summed E-state index contributed by atoms with van der Waals surface area (Å²) in [6.07, 6.45) is 3.73. The Kier molecular flexibility index (Phi) is 5.34. The van der Waals surface area contributed by atoms with E-state index in [9.17, 15) is 9.59 Å². The second-order valence-electron chi connectivity index (χ2n) is 7.71. The number of hydrogen-bond donors (Lipinski definition) is 2. The standard InChI is InChI=1S/C24H23N3O3S/c28-20-10-3-8-18-23(20)24(21-11-4-12-30-21)27(19-9-2-1-7-17(19)26-18)15-22(29)25-14-16-6-5-13-31-16/h1-2,4-7,9,11-13,24,26H,3,8,10,14-15H2,(H,25,29). The van der Waals surface area contributed by atoms with E-state index in [0.29, 0.717) is 24.3 Å². The van der Waals surface area contributed by atoms with Crippen LogP contribution in [0, 0.1) is 0 Å². The molecular formula is C24H23N3O3S. The maximum atomic E-state index is 13.1. The van der Waals surface area contributed by atoms with Gasteiger partial charge in [-0.05, 0) is 48.6 Å². The summed E-state index contributed by atoms with van der Waals surface area (Å²) in [5, 5.41) is 8.49. The van der Waals surface area contributed by atoms with Crippen molar-refractivity contribution in [3.63, 3.8) is 0 Å². The van der Waals surface area contributed by atoms with Crippen LogP contribution in [-0.2, 0) is 16.1 Å². The SMILES string of the molecule is O=C(CN1c2ccccc2NC2=C(C(=O)CCC2)C1c1ccco1)NCc1cccs1. The summed E-state index contributed by atoms with van der Waals surface area (Å²) in [6.45, 7) is 0.599. The molecule has 1 amide bonds. The van der Waals surface area contributed by atoms with Crippen molar-refractivity contribution in [1.82, 2.24) is 5.32 Å². The molecule has 6 nitrogen and oxygen atoms in total. The number of amides is 1. The molecule has 7 heteroatoms. The third kappa shape index (κ3) is 3.88. The van der Waals surface area contributed by atoms with Gasteiger partial charge in [-0.3, -0.25) is 9.59 Å². The van der Waals surface area contributed by atoms with E-state index in [2.05, 4.69) is 10.6 Å². The van der Waals surface area contributed by atoms with Gasteiger partial charge in [-0.2, -0.15) is 0 Å². The van der Waals surface area contributed by atoms with Crippen molar-refractivity contribution in [3.05, 3.63) is 82.1 Å². The number of para-hydroxylation sites is 2. The molecule has 0 fully saturated rings. The molecule has 0 saturated heterocycles. The second kappa shape index (κ2) is 8.43. The molecule has 1 aromatic carbocycles. The number of ketones is 1. The summed E-state index contributed by atoms with van der Waals surface area (Å²) in [5.41, 5.74) is 3.39. The predicted octanol–water partition coefficient (Wildman–Crippen LogP) is 4.64. The maximum Gasteiger partial charge on any atom is 0.239 e. The monoisotopic (exact) mass is 433 g/mol. The molecule has 3 aromatic rings. The molecule has 0 spiro atoms. The van der Waals surface area contributed by atoms with E-state index in [1.807, 2.05) is 58.8 Å². The van der Waals surface area contributed by atoms with Crippen LogP contribution in [0.1, 0.15) is 35.9 Å². The number of rotatable bonds is 5. The molecule has 0 bridgehead atoms. The minimum absolute atomic E-state index is 0.104. The van der Waals surface area contributed by atoms with Gasteiger partial charge in [0.25, 0.3) is 0 Å². The van der Waals surface area contributed by atoms with Gasteiger partial charge in [0.2, 0.25) is 5.91 Å². The number of nitrogens with zero attached hydrogens (tertiary/aromatic N) is 1. The van der Waals surface area contributed by atoms with Gasteiger partial charge in [0.1, 0.15) is 11.8 Å². The number of thiophene rings is 1. The van der Waals surface area contributed by atoms with Crippen molar-refractivity contribution in [1.29, 1.82) is 0 Å². The Morgan fingerprint density at radius 1 is 1.16 bits per heavy atom. The molecule has 2 aromatic heterocycles. The van der Waals surface area contributed by atoms with E-state index < -0.39 is 6.04 Å². The summed E-state index contributed by atoms with van der Waals surface area (Å²) >= 11 is 1.61. The zero-order chi connectivity index (χ0) is 21.2. The average molecular weight is 434 g/mol. The Labute approximate surface area is 184 Å². The number of furan rings is 1. The molecule has 3 heterocycles. The highest BCUT2D eigenvalue weighted by Crippen LogP contribution is 2.44. The number of hydrogen-bond acceptors (Lipinski definition) is 6. The lowest BCUT2D eigenvalue weighted by atomic mass is 9.88. The Hall–Kier alpha value is -3.32. The van der Waals surface area contributed by atoms with Gasteiger partial charge in [0.15, 0.2) is 5.78 Å². The highest BCUT2D eigenvalue weighted by Gasteiger charge is 2.38. The number of benzene rings is 1. The van der Waals surface area contributed by atoms with Gasteiger partial charge in [-0.15, -0.1) is 11.3 Å². The normalized spacial score (nSPS) is 18.1. The zero-order valence-electron chi connectivity index (χ0n) is 17.0. The first kappa shape index (κ1) is 19.6. The summed E-state index contributed by atoms with van der Waals surface area (Å²) < 4.78 is 5.79. The molecule has 1 aliphatic heterocycles. The minimum Gasteiger partial charge on any atom is -0.467 e. The quantitative estimate of drug-likeness (QED) is 0.613. The number of carbonyl (C=O) groups excluding carboxylic acids is 2. The Balaban J connectivity index is 1.54. The van der Waals surface area contributed by atoms with Crippen molar-refractivity contribution in [3.8, 4) is 0 Å². The van der Waals surface area contributed by atoms with E-state index in [1.165, 1.54) is 0 Å². The first-order valence-corrected chi connectivity index (χ1v) is 11.3. The smallest absolute Gasteiger partial charge is 0.239 e. The first-order chi connectivity index (χ1) is 15.2. The van der Waals surface area contributed by atoms with Crippen LogP contribution in [0.5, 0.6) is 0 Å². The number of anilines is 2. The number of nitrogens with one attached hydrogen (secondary N) is 2. The van der Waals surface area contributed by atoms with Crippen LogP contribution in [0.15, 0.2) is 75.9 Å². The van der Waals surface area contributed by atoms with E-state index >= 15 is 0 Å². The van der Waals surface area contributed by atoms with Gasteiger partial charge in [0.05, 0.1) is 30.7 Å². The molecule has 2 N–H and O–H groups in total. The number of allylic oxidation sites excluding steroid dienone is 1. The topological polar surface area (TPSA) is 74.6 Å². The van der Waals surface area contributed by atoms with Crippen molar-refractivity contribution in [2.75, 3.05) is 16.8 Å². The van der Waals surface area contributed by atoms with Gasteiger partial charge in [0, 0.05) is 22.6 Å².